The van der Waals surface area contributed by atoms with E-state index in [4.69, 9.17) is 5.73 Å². The lowest BCUT2D eigenvalue weighted by Crippen LogP contribution is -2.29. The molecule has 0 unspecified atom stereocenters. The first-order valence-corrected chi connectivity index (χ1v) is 6.49. The van der Waals surface area contributed by atoms with E-state index in [1.807, 2.05) is 11.8 Å². The number of nitrogens with one attached hydrogen (secondary N) is 1. The summed E-state index contributed by atoms with van der Waals surface area (Å²) in [5.41, 5.74) is 7.80. The van der Waals surface area contributed by atoms with Crippen LogP contribution in [0.2, 0.25) is 0 Å². The Morgan fingerprint density at radius 1 is 1.50 bits per heavy atom. The van der Waals surface area contributed by atoms with Crippen molar-refractivity contribution < 1.29 is 4.79 Å². The molecule has 0 bridgehead atoms. The molecule has 16 heavy (non-hydrogen) atoms. The van der Waals surface area contributed by atoms with Crippen LogP contribution in [0.3, 0.4) is 0 Å². The molecule has 0 aromatic heterocycles. The molecule has 0 saturated heterocycles. The quantitative estimate of drug-likeness (QED) is 0.831. The van der Waals surface area contributed by atoms with Crippen molar-refractivity contribution in [1.29, 1.82) is 0 Å². The van der Waals surface area contributed by atoms with Gasteiger partial charge in [-0.3, -0.25) is 4.79 Å². The number of thioether (sulfide) groups is 1. The molecule has 0 saturated carbocycles. The van der Waals surface area contributed by atoms with Crippen LogP contribution in [0.4, 0.5) is 0 Å². The van der Waals surface area contributed by atoms with Gasteiger partial charge in [-0.2, -0.15) is 0 Å². The van der Waals surface area contributed by atoms with Gasteiger partial charge < -0.3 is 11.1 Å². The molecule has 0 fully saturated rings. The van der Waals surface area contributed by atoms with Gasteiger partial charge >= 0.3 is 0 Å². The van der Waals surface area contributed by atoms with Crippen molar-refractivity contribution in [3.05, 3.63) is 29.3 Å². The van der Waals surface area contributed by atoms with E-state index in [2.05, 4.69) is 23.5 Å². The fourth-order valence-electron chi connectivity index (χ4n) is 1.80. The molecule has 3 N–H and O–H groups in total. The second-order valence-corrected chi connectivity index (χ2v) is 5.01. The van der Waals surface area contributed by atoms with E-state index in [1.54, 1.807) is 0 Å². The minimum Gasteiger partial charge on any atom is -0.351 e. The molecule has 86 valence electrons. The van der Waals surface area contributed by atoms with Crippen LogP contribution in [0.1, 0.15) is 17.5 Å². The highest BCUT2D eigenvalue weighted by molar-refractivity contribution is 7.99. The molecule has 1 aromatic carbocycles. The van der Waals surface area contributed by atoms with Crippen LogP contribution in [-0.4, -0.2) is 18.2 Å². The number of rotatable bonds is 3. The SMILES string of the molecule is NCC(=O)NCc1ccc2c(c1)CCCS2. The molecule has 0 aliphatic carbocycles. The van der Waals surface area contributed by atoms with Gasteiger partial charge in [-0.15, -0.1) is 11.8 Å². The Morgan fingerprint density at radius 3 is 3.19 bits per heavy atom. The molecule has 1 aliphatic rings. The highest BCUT2D eigenvalue weighted by atomic mass is 32.2. The van der Waals surface area contributed by atoms with Crippen molar-refractivity contribution in [3.8, 4) is 0 Å². The van der Waals surface area contributed by atoms with Gasteiger partial charge in [0.1, 0.15) is 0 Å². The Bertz CT molecular complexity index is 393. The maximum Gasteiger partial charge on any atom is 0.234 e. The Balaban J connectivity index is 2.03. The number of benzene rings is 1. The van der Waals surface area contributed by atoms with Crippen LogP contribution in [0.25, 0.3) is 0 Å². The maximum absolute atomic E-state index is 11.0. The fourth-order valence-corrected chi connectivity index (χ4v) is 2.82. The van der Waals surface area contributed by atoms with Gasteiger partial charge in [-0.1, -0.05) is 12.1 Å². The number of nitrogens with two attached hydrogens (primary N) is 1. The van der Waals surface area contributed by atoms with Crippen LogP contribution in [-0.2, 0) is 17.8 Å². The third kappa shape index (κ3) is 2.77. The first-order chi connectivity index (χ1) is 7.79. The molecule has 3 nitrogen and oxygen atoms in total. The monoisotopic (exact) mass is 236 g/mol. The molecule has 2 rings (SSSR count). The second kappa shape index (κ2) is 5.37. The van der Waals surface area contributed by atoms with E-state index in [0.29, 0.717) is 6.54 Å². The molecule has 0 spiro atoms. The highest BCUT2D eigenvalue weighted by Crippen LogP contribution is 2.30. The zero-order chi connectivity index (χ0) is 11.4. The Labute approximate surface area is 99.8 Å². The van der Waals surface area contributed by atoms with Gasteiger partial charge in [0.15, 0.2) is 0 Å². The van der Waals surface area contributed by atoms with Crippen molar-refractivity contribution in [2.24, 2.45) is 5.73 Å². The summed E-state index contributed by atoms with van der Waals surface area (Å²) in [5.74, 6) is 1.11. The van der Waals surface area contributed by atoms with E-state index in [9.17, 15) is 4.79 Å². The van der Waals surface area contributed by atoms with Crippen molar-refractivity contribution in [2.75, 3.05) is 12.3 Å². The molecule has 1 aliphatic heterocycles. The van der Waals surface area contributed by atoms with Crippen molar-refractivity contribution >= 4 is 17.7 Å². The van der Waals surface area contributed by atoms with E-state index >= 15 is 0 Å². The van der Waals surface area contributed by atoms with E-state index in [-0.39, 0.29) is 12.5 Å². The number of hydrogen-bond donors (Lipinski definition) is 2. The van der Waals surface area contributed by atoms with Gasteiger partial charge in [0.2, 0.25) is 5.91 Å². The normalized spacial score (nSPS) is 14.3. The Kier molecular flexibility index (Phi) is 3.85. The Morgan fingerprint density at radius 2 is 2.38 bits per heavy atom. The standard InChI is InChI=1S/C12H16N2OS/c13-7-12(15)14-8-9-3-4-11-10(6-9)2-1-5-16-11/h3-4,6H,1-2,5,7-8,13H2,(H,14,15). The summed E-state index contributed by atoms with van der Waals surface area (Å²) in [7, 11) is 0. The smallest absolute Gasteiger partial charge is 0.234 e. The number of amides is 1. The summed E-state index contributed by atoms with van der Waals surface area (Å²) < 4.78 is 0. The minimum atomic E-state index is -0.105. The summed E-state index contributed by atoms with van der Waals surface area (Å²) in [5, 5.41) is 2.78. The number of hydrogen-bond acceptors (Lipinski definition) is 3. The zero-order valence-electron chi connectivity index (χ0n) is 9.16. The van der Waals surface area contributed by atoms with Crippen LogP contribution in [0, 0.1) is 0 Å². The van der Waals surface area contributed by atoms with Gasteiger partial charge in [0.05, 0.1) is 6.54 Å². The molecule has 0 radical (unpaired) electrons. The van der Waals surface area contributed by atoms with E-state index < -0.39 is 0 Å². The van der Waals surface area contributed by atoms with Crippen molar-refractivity contribution in [2.45, 2.75) is 24.3 Å². The predicted molar refractivity (Wildman–Crippen MR) is 66.4 cm³/mol. The summed E-state index contributed by atoms with van der Waals surface area (Å²) in [6.45, 7) is 0.634. The number of carbonyl (C=O) groups excluding carboxylic acids is 1. The first kappa shape index (κ1) is 11.5. The van der Waals surface area contributed by atoms with E-state index in [0.717, 1.165) is 12.0 Å². The topological polar surface area (TPSA) is 55.1 Å². The molecular formula is C12H16N2OS. The third-order valence-corrected chi connectivity index (χ3v) is 3.85. The zero-order valence-corrected chi connectivity index (χ0v) is 9.98. The summed E-state index contributed by atoms with van der Waals surface area (Å²) >= 11 is 1.92. The second-order valence-electron chi connectivity index (χ2n) is 3.87. The van der Waals surface area contributed by atoms with Crippen LogP contribution in [0.15, 0.2) is 23.1 Å². The van der Waals surface area contributed by atoms with Crippen molar-refractivity contribution in [1.82, 2.24) is 5.32 Å². The first-order valence-electron chi connectivity index (χ1n) is 5.51. The van der Waals surface area contributed by atoms with Gasteiger partial charge in [0, 0.05) is 11.4 Å². The van der Waals surface area contributed by atoms with Gasteiger partial charge in [-0.25, -0.2) is 0 Å². The van der Waals surface area contributed by atoms with Gasteiger partial charge in [0.25, 0.3) is 0 Å². The molecule has 0 atom stereocenters. The molecule has 1 amide bonds. The molecule has 1 aromatic rings. The lowest BCUT2D eigenvalue weighted by Gasteiger charge is -2.16. The molecule has 4 heteroatoms. The van der Waals surface area contributed by atoms with Crippen LogP contribution < -0.4 is 11.1 Å². The Hall–Kier alpha value is -1.00. The van der Waals surface area contributed by atoms with Crippen molar-refractivity contribution in [3.63, 3.8) is 0 Å². The number of aryl methyl sites for hydroxylation is 1. The summed E-state index contributed by atoms with van der Waals surface area (Å²) in [4.78, 5) is 12.4. The average molecular weight is 236 g/mol. The highest BCUT2D eigenvalue weighted by Gasteiger charge is 2.10. The minimum absolute atomic E-state index is 0.0563. The lowest BCUT2D eigenvalue weighted by atomic mass is 10.1. The largest absolute Gasteiger partial charge is 0.351 e. The van der Waals surface area contributed by atoms with Gasteiger partial charge in [-0.05, 0) is 35.8 Å². The third-order valence-electron chi connectivity index (χ3n) is 2.65. The van der Waals surface area contributed by atoms with Crippen LogP contribution >= 0.6 is 11.8 Å². The molecule has 1 heterocycles. The van der Waals surface area contributed by atoms with Crippen LogP contribution in [0.5, 0.6) is 0 Å². The average Bonchev–Trinajstić information content (AvgIpc) is 2.35. The summed E-state index contributed by atoms with van der Waals surface area (Å²) in [6, 6.07) is 6.43. The number of fused-ring (bicyclic) bond motifs is 1. The maximum atomic E-state index is 11.0. The summed E-state index contributed by atoms with van der Waals surface area (Å²) in [6.07, 6.45) is 2.40. The van der Waals surface area contributed by atoms with E-state index in [1.165, 1.54) is 22.6 Å². The molecular weight excluding hydrogens is 220 g/mol. The lowest BCUT2D eigenvalue weighted by molar-refractivity contribution is -0.119. The number of carbonyl (C=O) groups is 1. The predicted octanol–water partition coefficient (Wildman–Crippen LogP) is 1.30. The fraction of sp³-hybridized carbons (Fsp3) is 0.417.